The third kappa shape index (κ3) is 8.03. The first-order valence-corrected chi connectivity index (χ1v) is 12.3. The van der Waals surface area contributed by atoms with Crippen molar-refractivity contribution in [1.29, 1.82) is 0 Å². The van der Waals surface area contributed by atoms with Gasteiger partial charge in [-0.2, -0.15) is 0 Å². The Morgan fingerprint density at radius 1 is 1.08 bits per heavy atom. The molecule has 2 aromatic carbocycles. The molecule has 2 aromatic rings. The zero-order chi connectivity index (χ0) is 25.8. The van der Waals surface area contributed by atoms with Gasteiger partial charge in [-0.3, -0.25) is 19.7 Å². The number of thiocarbonyl (C=S) groups is 1. The van der Waals surface area contributed by atoms with Gasteiger partial charge in [-0.1, -0.05) is 42.5 Å². The van der Waals surface area contributed by atoms with Crippen LogP contribution in [0.3, 0.4) is 0 Å². The predicted molar refractivity (Wildman–Crippen MR) is 138 cm³/mol. The van der Waals surface area contributed by atoms with E-state index in [9.17, 15) is 14.4 Å². The number of hydrogen-bond acceptors (Lipinski definition) is 7. The first-order chi connectivity index (χ1) is 17.5. The first kappa shape index (κ1) is 27.1. The van der Waals surface area contributed by atoms with Gasteiger partial charge in [0.2, 0.25) is 5.91 Å². The van der Waals surface area contributed by atoms with E-state index < -0.39 is 17.9 Å². The summed E-state index contributed by atoms with van der Waals surface area (Å²) in [6.07, 6.45) is 0.390. The third-order valence-electron chi connectivity index (χ3n) is 5.49. The van der Waals surface area contributed by atoms with Gasteiger partial charge in [0.25, 0.3) is 5.91 Å². The third-order valence-corrected chi connectivity index (χ3v) is 5.83. The van der Waals surface area contributed by atoms with Crippen molar-refractivity contribution in [3.8, 4) is 5.75 Å². The van der Waals surface area contributed by atoms with Crippen LogP contribution in [0, 0.1) is 0 Å². The van der Waals surface area contributed by atoms with Gasteiger partial charge in [-0.15, -0.1) is 0 Å². The second kappa shape index (κ2) is 14.2. The molecule has 2 N–H and O–H groups in total. The number of benzene rings is 2. The lowest BCUT2D eigenvalue weighted by molar-refractivity contribution is -0.147. The van der Waals surface area contributed by atoms with Crippen LogP contribution in [-0.2, 0) is 25.5 Å². The molecular weight excluding hydrogens is 482 g/mol. The number of piperazine rings is 1. The number of carbonyl (C=O) groups excluding carboxylic acids is 3. The second-order valence-corrected chi connectivity index (χ2v) is 8.35. The summed E-state index contributed by atoms with van der Waals surface area (Å²) in [5.41, 5.74) is 1.35. The molecule has 3 rings (SSSR count). The maximum atomic E-state index is 13.0. The molecule has 2 amide bonds. The minimum atomic E-state index is -0.881. The molecule has 1 fully saturated rings. The van der Waals surface area contributed by atoms with Gasteiger partial charge < -0.3 is 24.4 Å². The smallest absolute Gasteiger partial charge is 0.308 e. The molecule has 0 saturated carbocycles. The molecule has 1 aliphatic rings. The van der Waals surface area contributed by atoms with Crippen LogP contribution in [0.1, 0.15) is 29.3 Å². The number of esters is 1. The van der Waals surface area contributed by atoms with Crippen molar-refractivity contribution in [3.63, 3.8) is 0 Å². The van der Waals surface area contributed by atoms with Gasteiger partial charge in [-0.25, -0.2) is 0 Å². The quantitative estimate of drug-likeness (QED) is 0.267. The predicted octanol–water partition coefficient (Wildman–Crippen LogP) is 2.09. The SMILES string of the molecule is CCOCCOc1ccccc1C(=O)NC(=S)N1CCNC(=O)C1CC(=O)OCCc1ccccc1. The molecule has 0 aliphatic carbocycles. The zero-order valence-corrected chi connectivity index (χ0v) is 21.1. The highest BCUT2D eigenvalue weighted by molar-refractivity contribution is 7.80. The largest absolute Gasteiger partial charge is 0.490 e. The Balaban J connectivity index is 1.57. The summed E-state index contributed by atoms with van der Waals surface area (Å²) in [5.74, 6) is -0.938. The lowest BCUT2D eigenvalue weighted by Gasteiger charge is -2.36. The van der Waals surface area contributed by atoms with Crippen molar-refractivity contribution < 1.29 is 28.6 Å². The van der Waals surface area contributed by atoms with Gasteiger partial charge in [0, 0.05) is 26.1 Å². The molecule has 0 radical (unpaired) electrons. The summed E-state index contributed by atoms with van der Waals surface area (Å²) in [6, 6.07) is 15.6. The van der Waals surface area contributed by atoms with E-state index in [0.29, 0.717) is 50.6 Å². The van der Waals surface area contributed by atoms with Crippen molar-refractivity contribution in [1.82, 2.24) is 15.5 Å². The highest BCUT2D eigenvalue weighted by Crippen LogP contribution is 2.18. The molecule has 36 heavy (non-hydrogen) atoms. The van der Waals surface area contributed by atoms with Crippen LogP contribution in [0.5, 0.6) is 5.75 Å². The maximum absolute atomic E-state index is 13.0. The minimum Gasteiger partial charge on any atom is -0.490 e. The first-order valence-electron chi connectivity index (χ1n) is 11.9. The van der Waals surface area contributed by atoms with Crippen LogP contribution in [0.25, 0.3) is 0 Å². The fraction of sp³-hybridized carbons (Fsp3) is 0.385. The van der Waals surface area contributed by atoms with Crippen LogP contribution in [0.2, 0.25) is 0 Å². The Labute approximate surface area is 216 Å². The topological polar surface area (TPSA) is 106 Å². The number of nitrogens with zero attached hydrogens (tertiary/aromatic N) is 1. The molecule has 1 saturated heterocycles. The van der Waals surface area contributed by atoms with E-state index >= 15 is 0 Å². The van der Waals surface area contributed by atoms with Crippen molar-refractivity contribution >= 4 is 35.1 Å². The van der Waals surface area contributed by atoms with Crippen LogP contribution < -0.4 is 15.4 Å². The highest BCUT2D eigenvalue weighted by atomic mass is 32.1. The molecular formula is C26H31N3O6S. The van der Waals surface area contributed by atoms with Gasteiger partial charge in [-0.05, 0) is 36.8 Å². The van der Waals surface area contributed by atoms with Crippen LogP contribution in [-0.4, -0.2) is 73.4 Å². The fourth-order valence-corrected chi connectivity index (χ4v) is 3.99. The molecule has 0 bridgehead atoms. The number of para-hydroxylation sites is 1. The molecule has 1 atom stereocenters. The van der Waals surface area contributed by atoms with Crippen LogP contribution in [0.4, 0.5) is 0 Å². The summed E-state index contributed by atoms with van der Waals surface area (Å²) < 4.78 is 16.3. The molecule has 1 aliphatic heterocycles. The molecule has 9 nitrogen and oxygen atoms in total. The lowest BCUT2D eigenvalue weighted by atomic mass is 10.1. The van der Waals surface area contributed by atoms with E-state index in [4.69, 9.17) is 26.4 Å². The second-order valence-electron chi connectivity index (χ2n) is 7.96. The summed E-state index contributed by atoms with van der Waals surface area (Å²) in [6.45, 7) is 4.05. The van der Waals surface area contributed by atoms with Crippen molar-refractivity contribution in [2.75, 3.05) is 39.5 Å². The van der Waals surface area contributed by atoms with Gasteiger partial charge in [0.15, 0.2) is 5.11 Å². The van der Waals surface area contributed by atoms with E-state index in [1.54, 1.807) is 29.2 Å². The number of rotatable bonds is 11. The van der Waals surface area contributed by atoms with Crippen LogP contribution in [0.15, 0.2) is 54.6 Å². The van der Waals surface area contributed by atoms with Gasteiger partial charge in [0.05, 0.1) is 25.2 Å². The van der Waals surface area contributed by atoms with E-state index in [1.807, 2.05) is 37.3 Å². The number of carbonyl (C=O) groups is 3. The Kier molecular flexibility index (Phi) is 10.7. The fourth-order valence-electron chi connectivity index (χ4n) is 3.68. The molecule has 1 heterocycles. The number of hydrogen-bond donors (Lipinski definition) is 2. The Hall–Kier alpha value is -3.50. The number of nitrogens with one attached hydrogen (secondary N) is 2. The molecule has 0 aromatic heterocycles. The Morgan fingerprint density at radius 2 is 1.83 bits per heavy atom. The Morgan fingerprint density at radius 3 is 2.61 bits per heavy atom. The minimum absolute atomic E-state index is 0.0565. The summed E-state index contributed by atoms with van der Waals surface area (Å²) in [4.78, 5) is 39.5. The highest BCUT2D eigenvalue weighted by Gasteiger charge is 2.34. The maximum Gasteiger partial charge on any atom is 0.308 e. The average Bonchev–Trinajstić information content (AvgIpc) is 2.88. The molecule has 0 spiro atoms. The van der Waals surface area contributed by atoms with E-state index in [0.717, 1.165) is 5.56 Å². The molecule has 192 valence electrons. The average molecular weight is 514 g/mol. The molecule has 1 unspecified atom stereocenters. The van der Waals surface area contributed by atoms with Crippen LogP contribution >= 0.6 is 12.2 Å². The van der Waals surface area contributed by atoms with Crippen molar-refractivity contribution in [2.24, 2.45) is 0 Å². The number of ether oxygens (including phenoxy) is 3. The summed E-state index contributed by atoms with van der Waals surface area (Å²) in [7, 11) is 0. The monoisotopic (exact) mass is 513 g/mol. The zero-order valence-electron chi connectivity index (χ0n) is 20.2. The van der Waals surface area contributed by atoms with Gasteiger partial charge >= 0.3 is 5.97 Å². The van der Waals surface area contributed by atoms with E-state index in [-0.39, 0.29) is 24.0 Å². The standard InChI is InChI=1S/C26H31N3O6S/c1-2-33-16-17-34-22-11-7-6-10-20(22)24(31)28-26(36)29-14-13-27-25(32)21(29)18-23(30)35-15-12-19-8-4-3-5-9-19/h3-11,21H,2,12-18H2,1H3,(H,27,32)(H,28,31,36). The summed E-state index contributed by atoms with van der Waals surface area (Å²) >= 11 is 5.45. The van der Waals surface area contributed by atoms with E-state index in [1.165, 1.54) is 0 Å². The van der Waals surface area contributed by atoms with Crippen molar-refractivity contribution in [2.45, 2.75) is 25.8 Å². The van der Waals surface area contributed by atoms with Crippen molar-refractivity contribution in [3.05, 3.63) is 65.7 Å². The Bertz CT molecular complexity index is 1050. The normalized spacial score (nSPS) is 15.1. The summed E-state index contributed by atoms with van der Waals surface area (Å²) in [5, 5.41) is 5.47. The lowest BCUT2D eigenvalue weighted by Crippen LogP contribution is -2.60. The molecule has 10 heteroatoms. The number of amides is 2. The van der Waals surface area contributed by atoms with Gasteiger partial charge in [0.1, 0.15) is 18.4 Å². The van der Waals surface area contributed by atoms with E-state index in [2.05, 4.69) is 10.6 Å².